The predicted molar refractivity (Wildman–Crippen MR) is 95.7 cm³/mol. The Bertz CT molecular complexity index is 506. The minimum Gasteiger partial charge on any atom is -0.385 e. The first-order chi connectivity index (χ1) is 9.75. The molecule has 0 atom stereocenters. The van der Waals surface area contributed by atoms with E-state index in [9.17, 15) is 4.79 Å². The van der Waals surface area contributed by atoms with Crippen LogP contribution in [0, 0.1) is 0 Å². The molecule has 0 aromatic heterocycles. The minimum atomic E-state index is 0. The monoisotopic (exact) mass is 345 g/mol. The Hall–Kier alpha value is -0.970. The maximum atomic E-state index is 12.3. The first-order valence-electron chi connectivity index (χ1n) is 7.60. The van der Waals surface area contributed by atoms with Gasteiger partial charge >= 0.3 is 0 Å². The Morgan fingerprint density at radius 2 is 2.14 bits per heavy atom. The molecule has 0 unspecified atom stereocenters. The van der Waals surface area contributed by atoms with Crippen LogP contribution in [0.15, 0.2) is 18.2 Å². The maximum absolute atomic E-state index is 12.3. The van der Waals surface area contributed by atoms with Crippen molar-refractivity contribution in [2.75, 3.05) is 32.0 Å². The summed E-state index contributed by atoms with van der Waals surface area (Å²) in [6, 6.07) is 6.71. The zero-order valence-electron chi connectivity index (χ0n) is 12.9. The summed E-state index contributed by atoms with van der Waals surface area (Å²) in [4.78, 5) is 14.7. The SMILES string of the molecule is CN(CCNC(=O)c1cccc2c1CCCN2)C1CC1.Cl.Cl. The van der Waals surface area contributed by atoms with Gasteiger partial charge in [0.05, 0.1) is 0 Å². The first kappa shape index (κ1) is 19.1. The molecule has 1 aromatic rings. The Morgan fingerprint density at radius 1 is 1.36 bits per heavy atom. The largest absolute Gasteiger partial charge is 0.385 e. The number of nitrogens with one attached hydrogen (secondary N) is 2. The van der Waals surface area contributed by atoms with Gasteiger partial charge in [-0.25, -0.2) is 0 Å². The van der Waals surface area contributed by atoms with E-state index < -0.39 is 0 Å². The fourth-order valence-corrected chi connectivity index (χ4v) is 2.86. The van der Waals surface area contributed by atoms with Crippen molar-refractivity contribution in [3.05, 3.63) is 29.3 Å². The lowest BCUT2D eigenvalue weighted by atomic mass is 9.97. The molecule has 1 fully saturated rings. The van der Waals surface area contributed by atoms with Gasteiger partial charge in [0.1, 0.15) is 0 Å². The van der Waals surface area contributed by atoms with Crippen LogP contribution in [0.1, 0.15) is 35.2 Å². The van der Waals surface area contributed by atoms with Gasteiger partial charge in [0.15, 0.2) is 0 Å². The van der Waals surface area contributed by atoms with E-state index >= 15 is 0 Å². The lowest BCUT2D eigenvalue weighted by Gasteiger charge is -2.21. The number of anilines is 1. The van der Waals surface area contributed by atoms with Gasteiger partial charge in [0, 0.05) is 36.9 Å². The molecule has 124 valence electrons. The molecular formula is C16H25Cl2N3O. The zero-order valence-corrected chi connectivity index (χ0v) is 14.6. The molecule has 4 nitrogen and oxygen atoms in total. The van der Waals surface area contributed by atoms with E-state index in [0.717, 1.165) is 49.8 Å². The molecule has 0 radical (unpaired) electrons. The van der Waals surface area contributed by atoms with Gasteiger partial charge in [-0.2, -0.15) is 0 Å². The Kier molecular flexibility index (Phi) is 7.46. The molecule has 6 heteroatoms. The summed E-state index contributed by atoms with van der Waals surface area (Å²) in [5, 5.41) is 6.42. The van der Waals surface area contributed by atoms with Crippen molar-refractivity contribution in [3.8, 4) is 0 Å². The van der Waals surface area contributed by atoms with Crippen LogP contribution in [0.25, 0.3) is 0 Å². The molecule has 2 aliphatic rings. The van der Waals surface area contributed by atoms with Crippen LogP contribution in [0.3, 0.4) is 0 Å². The van der Waals surface area contributed by atoms with Gasteiger partial charge in [-0.3, -0.25) is 4.79 Å². The summed E-state index contributed by atoms with van der Waals surface area (Å²) in [6.07, 6.45) is 4.71. The van der Waals surface area contributed by atoms with Crippen molar-refractivity contribution in [1.29, 1.82) is 0 Å². The average Bonchev–Trinajstić information content (AvgIpc) is 3.31. The Labute approximate surface area is 144 Å². The third-order valence-electron chi connectivity index (χ3n) is 4.26. The Morgan fingerprint density at radius 3 is 2.86 bits per heavy atom. The second-order valence-electron chi connectivity index (χ2n) is 5.83. The molecule has 0 bridgehead atoms. The van der Waals surface area contributed by atoms with Crippen molar-refractivity contribution < 1.29 is 4.79 Å². The molecule has 3 rings (SSSR count). The highest BCUT2D eigenvalue weighted by Crippen LogP contribution is 2.26. The van der Waals surface area contributed by atoms with Crippen LogP contribution < -0.4 is 10.6 Å². The molecule has 1 heterocycles. The van der Waals surface area contributed by atoms with Crippen LogP contribution in [0.2, 0.25) is 0 Å². The van der Waals surface area contributed by atoms with Gasteiger partial charge in [-0.15, -0.1) is 24.8 Å². The van der Waals surface area contributed by atoms with E-state index in [1.54, 1.807) is 0 Å². The van der Waals surface area contributed by atoms with Gasteiger partial charge in [-0.05, 0) is 50.4 Å². The van der Waals surface area contributed by atoms with Gasteiger partial charge in [-0.1, -0.05) is 6.07 Å². The summed E-state index contributed by atoms with van der Waals surface area (Å²) in [5.74, 6) is 0.0646. The average molecular weight is 346 g/mol. The van der Waals surface area contributed by atoms with Gasteiger partial charge in [0.25, 0.3) is 5.91 Å². The van der Waals surface area contributed by atoms with E-state index in [1.807, 2.05) is 12.1 Å². The van der Waals surface area contributed by atoms with Crippen LogP contribution in [-0.2, 0) is 6.42 Å². The predicted octanol–water partition coefficient (Wildman–Crippen LogP) is 2.71. The summed E-state index contributed by atoms with van der Waals surface area (Å²) in [5.41, 5.74) is 3.13. The highest BCUT2D eigenvalue weighted by Gasteiger charge is 2.25. The molecule has 1 aromatic carbocycles. The number of hydrogen-bond donors (Lipinski definition) is 2. The van der Waals surface area contributed by atoms with Crippen LogP contribution in [0.4, 0.5) is 5.69 Å². The number of halogens is 2. The van der Waals surface area contributed by atoms with E-state index in [-0.39, 0.29) is 30.7 Å². The van der Waals surface area contributed by atoms with E-state index in [1.165, 1.54) is 18.4 Å². The molecule has 0 spiro atoms. The van der Waals surface area contributed by atoms with Crippen molar-refractivity contribution in [3.63, 3.8) is 0 Å². The second-order valence-corrected chi connectivity index (χ2v) is 5.83. The molecule has 1 aliphatic carbocycles. The fourth-order valence-electron chi connectivity index (χ4n) is 2.86. The lowest BCUT2D eigenvalue weighted by molar-refractivity contribution is 0.0948. The van der Waals surface area contributed by atoms with Crippen molar-refractivity contribution in [1.82, 2.24) is 10.2 Å². The number of carbonyl (C=O) groups excluding carboxylic acids is 1. The highest BCUT2D eigenvalue weighted by molar-refractivity contribution is 5.97. The molecule has 0 saturated heterocycles. The number of rotatable bonds is 5. The van der Waals surface area contributed by atoms with Crippen molar-refractivity contribution in [2.24, 2.45) is 0 Å². The third-order valence-corrected chi connectivity index (χ3v) is 4.26. The van der Waals surface area contributed by atoms with Crippen LogP contribution >= 0.6 is 24.8 Å². The summed E-state index contributed by atoms with van der Waals surface area (Å²) in [6.45, 7) is 2.66. The van der Waals surface area contributed by atoms with Crippen molar-refractivity contribution in [2.45, 2.75) is 31.7 Å². The van der Waals surface area contributed by atoms with Gasteiger partial charge < -0.3 is 15.5 Å². The molecule has 2 N–H and O–H groups in total. The highest BCUT2D eigenvalue weighted by atomic mass is 35.5. The number of likely N-dealkylation sites (N-methyl/N-ethyl adjacent to an activating group) is 1. The van der Waals surface area contributed by atoms with E-state index in [4.69, 9.17) is 0 Å². The number of fused-ring (bicyclic) bond motifs is 1. The molecular weight excluding hydrogens is 321 g/mol. The number of amides is 1. The number of benzene rings is 1. The van der Waals surface area contributed by atoms with Gasteiger partial charge in [0.2, 0.25) is 0 Å². The molecule has 1 aliphatic heterocycles. The standard InChI is InChI=1S/C16H23N3O.2ClH/c1-19(12-7-8-12)11-10-18-16(20)14-4-2-6-15-13(14)5-3-9-17-15;;/h2,4,6,12,17H,3,5,7-11H2,1H3,(H,18,20);2*1H. The van der Waals surface area contributed by atoms with E-state index in [0.29, 0.717) is 0 Å². The first-order valence-corrected chi connectivity index (χ1v) is 7.60. The summed E-state index contributed by atoms with van der Waals surface area (Å²) in [7, 11) is 2.14. The van der Waals surface area contributed by atoms with Crippen LogP contribution in [-0.4, -0.2) is 43.5 Å². The maximum Gasteiger partial charge on any atom is 0.251 e. The number of carbonyl (C=O) groups is 1. The normalized spacial score (nSPS) is 15.9. The minimum absolute atomic E-state index is 0. The zero-order chi connectivity index (χ0) is 13.9. The fraction of sp³-hybridized carbons (Fsp3) is 0.562. The smallest absolute Gasteiger partial charge is 0.251 e. The van der Waals surface area contributed by atoms with Crippen molar-refractivity contribution >= 4 is 36.4 Å². The molecule has 22 heavy (non-hydrogen) atoms. The summed E-state index contributed by atoms with van der Waals surface area (Å²) < 4.78 is 0. The van der Waals surface area contributed by atoms with E-state index in [2.05, 4.69) is 28.6 Å². The lowest BCUT2D eigenvalue weighted by Crippen LogP contribution is -2.34. The number of hydrogen-bond acceptors (Lipinski definition) is 3. The Balaban J connectivity index is 0.00000121. The number of nitrogens with zero attached hydrogens (tertiary/aromatic N) is 1. The topological polar surface area (TPSA) is 44.4 Å². The third kappa shape index (κ3) is 4.51. The molecule has 1 amide bonds. The second kappa shape index (κ2) is 8.61. The molecule has 1 saturated carbocycles. The van der Waals surface area contributed by atoms with Crippen LogP contribution in [0.5, 0.6) is 0 Å². The summed E-state index contributed by atoms with van der Waals surface area (Å²) >= 11 is 0. The quantitative estimate of drug-likeness (QED) is 0.862.